The fourth-order valence-electron chi connectivity index (χ4n) is 2.57. The molecule has 1 aromatic carbocycles. The Bertz CT molecular complexity index is 588. The van der Waals surface area contributed by atoms with Gasteiger partial charge in [0.25, 0.3) is 0 Å². The van der Waals surface area contributed by atoms with Gasteiger partial charge in [-0.2, -0.15) is 0 Å². The van der Waals surface area contributed by atoms with E-state index < -0.39 is 45.1 Å². The summed E-state index contributed by atoms with van der Waals surface area (Å²) in [5.41, 5.74) is 0.980. The maximum atomic E-state index is 12.1. The lowest BCUT2D eigenvalue weighted by Crippen LogP contribution is -2.58. The maximum absolute atomic E-state index is 12.1. The molecule has 1 aromatic rings. The van der Waals surface area contributed by atoms with Crippen molar-refractivity contribution in [3.05, 3.63) is 35.9 Å². The van der Waals surface area contributed by atoms with Gasteiger partial charge in [0.15, 0.2) is 6.29 Å². The molecule has 0 amide bonds. The number of ether oxygens (including phenoxy) is 1. The van der Waals surface area contributed by atoms with Crippen LogP contribution in [0, 0.1) is 0 Å². The molecule has 1 heterocycles. The van der Waals surface area contributed by atoms with Gasteiger partial charge in [0.05, 0.1) is 6.61 Å². The highest BCUT2D eigenvalue weighted by molar-refractivity contribution is 7.50. The Labute approximate surface area is 145 Å². The first-order valence-electron chi connectivity index (χ1n) is 7.86. The van der Waals surface area contributed by atoms with Gasteiger partial charge in [0.2, 0.25) is 0 Å². The third kappa shape index (κ3) is 5.82. The van der Waals surface area contributed by atoms with Crippen LogP contribution in [0.5, 0.6) is 0 Å². The minimum absolute atomic E-state index is 0.367. The molecule has 0 saturated carbocycles. The normalized spacial score (nSPS) is 33.6. The Morgan fingerprint density at radius 2 is 1.80 bits per heavy atom. The molecule has 7 unspecified atom stereocenters. The van der Waals surface area contributed by atoms with E-state index in [-0.39, 0.29) is 6.04 Å². The molecule has 1 saturated heterocycles. The molecular weight excluding hydrogens is 353 g/mol. The van der Waals surface area contributed by atoms with E-state index in [1.165, 1.54) is 0 Å². The van der Waals surface area contributed by atoms with Crippen LogP contribution >= 0.6 is 7.75 Å². The lowest BCUT2D eigenvalue weighted by atomic mass is 10.00. The number of aliphatic hydroxyl groups is 4. The van der Waals surface area contributed by atoms with Crippen LogP contribution in [0.2, 0.25) is 0 Å². The lowest BCUT2D eigenvalue weighted by Gasteiger charge is -2.38. The van der Waals surface area contributed by atoms with Crippen molar-refractivity contribution in [1.82, 2.24) is 5.09 Å². The van der Waals surface area contributed by atoms with Gasteiger partial charge in [-0.15, -0.1) is 0 Å². The molecule has 142 valence electrons. The van der Waals surface area contributed by atoms with Crippen LogP contribution in [0.15, 0.2) is 30.3 Å². The number of benzene rings is 1. The van der Waals surface area contributed by atoms with Crippen molar-refractivity contribution >= 4 is 7.75 Å². The Kier molecular flexibility index (Phi) is 7.10. The predicted octanol–water partition coefficient (Wildman–Crippen LogP) is -0.876. The highest BCUT2D eigenvalue weighted by Gasteiger charge is 2.43. The summed E-state index contributed by atoms with van der Waals surface area (Å²) < 4.78 is 21.9. The highest BCUT2D eigenvalue weighted by atomic mass is 31.2. The Balaban J connectivity index is 1.85. The number of hydrogen-bond donors (Lipinski definition) is 6. The summed E-state index contributed by atoms with van der Waals surface area (Å²) in [6, 6.07) is 9.02. The van der Waals surface area contributed by atoms with Gasteiger partial charge < -0.3 is 30.1 Å². The second-order valence-corrected chi connectivity index (χ2v) is 7.63. The minimum Gasteiger partial charge on any atom is -0.387 e. The van der Waals surface area contributed by atoms with E-state index in [4.69, 9.17) is 9.26 Å². The molecule has 0 aromatic heterocycles. The number of rotatable bonds is 7. The average molecular weight is 377 g/mol. The van der Waals surface area contributed by atoms with E-state index in [0.29, 0.717) is 6.42 Å². The number of nitrogens with one attached hydrogen (secondary N) is 1. The van der Waals surface area contributed by atoms with Crippen molar-refractivity contribution in [3.8, 4) is 0 Å². The van der Waals surface area contributed by atoms with Gasteiger partial charge in [-0.05, 0) is 18.9 Å². The van der Waals surface area contributed by atoms with Gasteiger partial charge >= 0.3 is 7.75 Å². The van der Waals surface area contributed by atoms with Crippen molar-refractivity contribution in [2.75, 3.05) is 6.61 Å². The molecule has 0 aliphatic carbocycles. The maximum Gasteiger partial charge on any atom is 0.403 e. The monoisotopic (exact) mass is 377 g/mol. The molecule has 2 rings (SSSR count). The van der Waals surface area contributed by atoms with Crippen molar-refractivity contribution in [3.63, 3.8) is 0 Å². The summed E-state index contributed by atoms with van der Waals surface area (Å²) in [5, 5.41) is 40.6. The first-order chi connectivity index (χ1) is 11.7. The van der Waals surface area contributed by atoms with Gasteiger partial charge in [0.1, 0.15) is 24.4 Å². The molecule has 9 nitrogen and oxygen atoms in total. The zero-order valence-electron chi connectivity index (χ0n) is 13.7. The molecule has 0 spiro atoms. The smallest absolute Gasteiger partial charge is 0.387 e. The van der Waals surface area contributed by atoms with E-state index in [1.54, 1.807) is 6.92 Å². The summed E-state index contributed by atoms with van der Waals surface area (Å²) in [7, 11) is -4.20. The largest absolute Gasteiger partial charge is 0.403 e. The standard InChI is InChI=1S/C15H24NO8P/c1-9(7-10-5-3-2-4-6-10)16-25(21,22)23-8-11-12(17)13(18)14(19)15(20)24-11/h2-6,9,11-15,17-20H,7-8H2,1H3,(H2,16,21,22). The summed E-state index contributed by atoms with van der Waals surface area (Å²) in [4.78, 5) is 9.87. The quantitative estimate of drug-likeness (QED) is 0.333. The fraction of sp³-hybridized carbons (Fsp3) is 0.600. The summed E-state index contributed by atoms with van der Waals surface area (Å²) >= 11 is 0. The lowest BCUT2D eigenvalue weighted by molar-refractivity contribution is -0.285. The molecule has 1 fully saturated rings. The van der Waals surface area contributed by atoms with Crippen LogP contribution in [-0.2, 0) is 20.2 Å². The van der Waals surface area contributed by atoms with Gasteiger partial charge in [0, 0.05) is 6.04 Å². The first kappa shape index (κ1) is 20.4. The van der Waals surface area contributed by atoms with Crippen molar-refractivity contribution < 1.29 is 39.1 Å². The van der Waals surface area contributed by atoms with Crippen LogP contribution in [0.1, 0.15) is 12.5 Å². The summed E-state index contributed by atoms with van der Waals surface area (Å²) in [6.45, 7) is 1.16. The van der Waals surface area contributed by atoms with Gasteiger partial charge in [-0.3, -0.25) is 4.52 Å². The summed E-state index contributed by atoms with van der Waals surface area (Å²) in [6.07, 6.45) is -7.38. The highest BCUT2D eigenvalue weighted by Crippen LogP contribution is 2.38. The van der Waals surface area contributed by atoms with Gasteiger partial charge in [-0.1, -0.05) is 30.3 Å². The third-order valence-electron chi connectivity index (χ3n) is 3.87. The van der Waals surface area contributed by atoms with Gasteiger partial charge in [-0.25, -0.2) is 9.65 Å². The predicted molar refractivity (Wildman–Crippen MR) is 87.4 cm³/mol. The fourth-order valence-corrected chi connectivity index (χ4v) is 3.64. The van der Waals surface area contributed by atoms with Crippen LogP contribution in [0.25, 0.3) is 0 Å². The van der Waals surface area contributed by atoms with Crippen LogP contribution in [0.4, 0.5) is 0 Å². The number of aliphatic hydroxyl groups excluding tert-OH is 4. The first-order valence-corrected chi connectivity index (χ1v) is 9.44. The Morgan fingerprint density at radius 3 is 2.44 bits per heavy atom. The molecule has 6 N–H and O–H groups in total. The molecular formula is C15H24NO8P. The second-order valence-electron chi connectivity index (χ2n) is 6.07. The van der Waals surface area contributed by atoms with E-state index >= 15 is 0 Å². The zero-order chi connectivity index (χ0) is 18.6. The SMILES string of the molecule is CC(Cc1ccccc1)NP(=O)(O)OCC1OC(O)C(O)C(O)C1O. The molecule has 0 radical (unpaired) electrons. The average Bonchev–Trinajstić information content (AvgIpc) is 2.55. The van der Waals surface area contributed by atoms with E-state index in [9.17, 15) is 29.9 Å². The van der Waals surface area contributed by atoms with E-state index in [1.807, 2.05) is 30.3 Å². The zero-order valence-corrected chi connectivity index (χ0v) is 14.6. The molecule has 1 aliphatic rings. The Morgan fingerprint density at radius 1 is 1.16 bits per heavy atom. The molecule has 7 atom stereocenters. The van der Waals surface area contributed by atoms with Crippen molar-refractivity contribution in [2.45, 2.75) is 50.1 Å². The topological polar surface area (TPSA) is 149 Å². The molecule has 25 heavy (non-hydrogen) atoms. The molecule has 1 aliphatic heterocycles. The molecule has 10 heteroatoms. The molecule has 0 bridgehead atoms. The minimum atomic E-state index is -4.20. The van der Waals surface area contributed by atoms with Crippen LogP contribution < -0.4 is 5.09 Å². The Hall–Kier alpha value is -0.870. The van der Waals surface area contributed by atoms with E-state index in [2.05, 4.69) is 5.09 Å². The summed E-state index contributed by atoms with van der Waals surface area (Å²) in [5.74, 6) is 0. The third-order valence-corrected chi connectivity index (χ3v) is 5.14. The second kappa shape index (κ2) is 8.68. The number of hydrogen-bond acceptors (Lipinski definition) is 7. The van der Waals surface area contributed by atoms with Crippen LogP contribution in [-0.4, -0.2) is 68.7 Å². The van der Waals surface area contributed by atoms with Crippen molar-refractivity contribution in [2.24, 2.45) is 0 Å². The van der Waals surface area contributed by atoms with Crippen LogP contribution in [0.3, 0.4) is 0 Å². The van der Waals surface area contributed by atoms with Crippen molar-refractivity contribution in [1.29, 1.82) is 0 Å². The van der Waals surface area contributed by atoms with E-state index in [0.717, 1.165) is 5.56 Å².